The Morgan fingerprint density at radius 2 is 1.07 bits per heavy atom. The van der Waals surface area contributed by atoms with Gasteiger partial charge in [0.1, 0.15) is 0 Å². The van der Waals surface area contributed by atoms with Crippen molar-refractivity contribution in [2.75, 3.05) is 13.1 Å². The Hall–Kier alpha value is -1.92. The van der Waals surface area contributed by atoms with E-state index in [4.69, 9.17) is 39.4 Å². The third-order valence-electron chi connectivity index (χ3n) is 4.31. The highest BCUT2D eigenvalue weighted by atomic mass is 35.5. The molecular weight excluding hydrogens is 387 g/mol. The van der Waals surface area contributed by atoms with E-state index in [1.54, 1.807) is 48.5 Å². The van der Waals surface area contributed by atoms with Gasteiger partial charge in [-0.3, -0.25) is 9.59 Å². The maximum absolute atomic E-state index is 12.1. The minimum atomic E-state index is -0.614. The monoisotopic (exact) mass is 408 g/mol. The van der Waals surface area contributed by atoms with E-state index in [0.29, 0.717) is 10.0 Å². The minimum Gasteiger partial charge on any atom is -0.393 e. The minimum absolute atomic E-state index is 0.0120. The van der Waals surface area contributed by atoms with Crippen LogP contribution in [0.5, 0.6) is 0 Å². The Labute approximate surface area is 168 Å². The number of rotatable bonds is 8. The van der Waals surface area contributed by atoms with Gasteiger partial charge in [-0.15, -0.1) is 0 Å². The second-order valence-corrected chi connectivity index (χ2v) is 7.10. The van der Waals surface area contributed by atoms with Crippen LogP contribution in [0, 0.1) is 0 Å². The van der Waals surface area contributed by atoms with Crippen molar-refractivity contribution in [3.05, 3.63) is 69.7 Å². The summed E-state index contributed by atoms with van der Waals surface area (Å²) in [5.41, 5.74) is 13.3. The van der Waals surface area contributed by atoms with E-state index in [-0.39, 0.29) is 37.8 Å². The van der Waals surface area contributed by atoms with E-state index in [0.717, 1.165) is 11.1 Å². The molecule has 0 aliphatic heterocycles. The van der Waals surface area contributed by atoms with Crippen molar-refractivity contribution in [1.29, 1.82) is 0 Å². The van der Waals surface area contributed by atoms with E-state index in [1.807, 2.05) is 0 Å². The Bertz CT molecular complexity index is 698. The molecule has 7 heteroatoms. The average Bonchev–Trinajstić information content (AvgIpc) is 2.65. The van der Waals surface area contributed by atoms with Crippen LogP contribution < -0.4 is 11.5 Å². The second-order valence-electron chi connectivity index (χ2n) is 6.22. The summed E-state index contributed by atoms with van der Waals surface area (Å²) in [6.45, 7) is 0.502. The van der Waals surface area contributed by atoms with Gasteiger partial charge in [-0.05, 0) is 48.5 Å². The molecule has 2 atom stereocenters. The highest BCUT2D eigenvalue weighted by molar-refractivity contribution is 6.30. The maximum Gasteiger partial charge on any atom is 0.314 e. The molecule has 27 heavy (non-hydrogen) atoms. The molecule has 144 valence electrons. The fourth-order valence-electron chi connectivity index (χ4n) is 2.76. The number of benzene rings is 2. The zero-order valence-corrected chi connectivity index (χ0v) is 16.2. The zero-order valence-electron chi connectivity index (χ0n) is 14.7. The highest BCUT2D eigenvalue weighted by Gasteiger charge is 2.21. The number of ether oxygens (including phenoxy) is 1. The highest BCUT2D eigenvalue weighted by Crippen LogP contribution is 2.23. The molecule has 0 saturated heterocycles. The molecule has 0 radical (unpaired) electrons. The molecular formula is C20H22Cl2N2O3. The van der Waals surface area contributed by atoms with Crippen LogP contribution in [0.1, 0.15) is 35.8 Å². The first-order valence-electron chi connectivity index (χ1n) is 8.57. The lowest BCUT2D eigenvalue weighted by Gasteiger charge is -2.16. The molecule has 0 aliphatic rings. The van der Waals surface area contributed by atoms with Crippen LogP contribution in [0.2, 0.25) is 10.0 Å². The molecule has 0 fully saturated rings. The van der Waals surface area contributed by atoms with Gasteiger partial charge in [0.2, 0.25) is 0 Å². The summed E-state index contributed by atoms with van der Waals surface area (Å²) in [4.78, 5) is 24.3. The molecule has 0 bridgehead atoms. The van der Waals surface area contributed by atoms with Crippen LogP contribution in [0.3, 0.4) is 0 Å². The number of carbonyl (C=O) groups is 2. The average molecular weight is 409 g/mol. The summed E-state index contributed by atoms with van der Waals surface area (Å²) in [7, 11) is 0. The molecule has 0 heterocycles. The lowest BCUT2D eigenvalue weighted by atomic mass is 9.95. The second kappa shape index (κ2) is 10.4. The lowest BCUT2D eigenvalue weighted by molar-refractivity contribution is -0.160. The van der Waals surface area contributed by atoms with Gasteiger partial charge in [0.05, 0.1) is 12.8 Å². The van der Waals surface area contributed by atoms with E-state index in [2.05, 4.69) is 0 Å². The van der Waals surface area contributed by atoms with Gasteiger partial charge >= 0.3 is 11.9 Å². The molecule has 2 rings (SSSR count). The number of halogens is 2. The number of esters is 2. The molecule has 0 spiro atoms. The first-order chi connectivity index (χ1) is 12.9. The number of hydrogen-bond donors (Lipinski definition) is 2. The van der Waals surface area contributed by atoms with E-state index < -0.39 is 11.9 Å². The lowest BCUT2D eigenvalue weighted by Crippen LogP contribution is -2.23. The molecule has 0 aliphatic carbocycles. The smallest absolute Gasteiger partial charge is 0.314 e. The normalized spacial score (nSPS) is 13.0. The first-order valence-corrected chi connectivity index (χ1v) is 9.33. The van der Waals surface area contributed by atoms with E-state index in [9.17, 15) is 9.59 Å². The maximum atomic E-state index is 12.1. The summed E-state index contributed by atoms with van der Waals surface area (Å²) in [6, 6.07) is 14.1. The molecule has 4 N–H and O–H groups in total. The van der Waals surface area contributed by atoms with Crippen molar-refractivity contribution in [3.8, 4) is 0 Å². The summed E-state index contributed by atoms with van der Waals surface area (Å²) < 4.78 is 4.96. The largest absolute Gasteiger partial charge is 0.393 e. The number of carbonyl (C=O) groups excluding carboxylic acids is 2. The van der Waals surface area contributed by atoms with Gasteiger partial charge in [0.25, 0.3) is 0 Å². The van der Waals surface area contributed by atoms with Crippen LogP contribution >= 0.6 is 23.2 Å². The Morgan fingerprint density at radius 1 is 0.741 bits per heavy atom. The first kappa shape index (κ1) is 21.4. The fourth-order valence-corrected chi connectivity index (χ4v) is 3.01. The van der Waals surface area contributed by atoms with Gasteiger partial charge in [-0.1, -0.05) is 47.5 Å². The fraction of sp³-hybridized carbons (Fsp3) is 0.300. The quantitative estimate of drug-likeness (QED) is 0.513. The van der Waals surface area contributed by atoms with Crippen molar-refractivity contribution in [2.45, 2.75) is 24.7 Å². The summed E-state index contributed by atoms with van der Waals surface area (Å²) >= 11 is 11.7. The van der Waals surface area contributed by atoms with Crippen LogP contribution in [0.25, 0.3) is 0 Å². The number of nitrogens with two attached hydrogens (primary N) is 2. The molecule has 2 aromatic rings. The Morgan fingerprint density at radius 3 is 1.37 bits per heavy atom. The standard InChI is InChI=1S/C20H22Cl2N2O3/c21-17-5-1-13(2-6-17)15(11-23)9-19(25)27-20(26)10-16(12-24)14-3-7-18(22)8-4-14/h1-8,15-16H,9-12,23-24H2/t15-,16+. The molecule has 0 amide bonds. The van der Waals surface area contributed by atoms with Crippen molar-refractivity contribution in [2.24, 2.45) is 11.5 Å². The zero-order chi connectivity index (χ0) is 19.8. The van der Waals surface area contributed by atoms with Crippen molar-refractivity contribution in [1.82, 2.24) is 0 Å². The third kappa shape index (κ3) is 6.63. The SMILES string of the molecule is NC[C@H](CC(=O)OC(=O)C[C@H](CN)c1ccc(Cl)cc1)c1ccc(Cl)cc1. The van der Waals surface area contributed by atoms with Gasteiger partial charge in [0, 0.05) is 21.9 Å². The summed E-state index contributed by atoms with van der Waals surface area (Å²) in [5, 5.41) is 1.20. The van der Waals surface area contributed by atoms with E-state index in [1.165, 1.54) is 0 Å². The molecule has 2 aromatic carbocycles. The van der Waals surface area contributed by atoms with E-state index >= 15 is 0 Å². The van der Waals surface area contributed by atoms with Crippen LogP contribution in [-0.2, 0) is 14.3 Å². The van der Waals surface area contributed by atoms with Gasteiger partial charge in [-0.2, -0.15) is 0 Å². The molecule has 0 aromatic heterocycles. The molecule has 5 nitrogen and oxygen atoms in total. The molecule has 0 unspecified atom stereocenters. The predicted octanol–water partition coefficient (Wildman–Crippen LogP) is 3.63. The van der Waals surface area contributed by atoms with Crippen molar-refractivity contribution >= 4 is 35.1 Å². The van der Waals surface area contributed by atoms with Crippen molar-refractivity contribution < 1.29 is 14.3 Å². The number of hydrogen-bond acceptors (Lipinski definition) is 5. The summed E-state index contributed by atoms with van der Waals surface area (Å²) in [6.07, 6.45) is 0.0240. The third-order valence-corrected chi connectivity index (χ3v) is 4.81. The van der Waals surface area contributed by atoms with Crippen molar-refractivity contribution in [3.63, 3.8) is 0 Å². The Balaban J connectivity index is 1.92. The van der Waals surface area contributed by atoms with Gasteiger partial charge < -0.3 is 16.2 Å². The van der Waals surface area contributed by atoms with Gasteiger partial charge in [-0.25, -0.2) is 0 Å². The predicted molar refractivity (Wildman–Crippen MR) is 107 cm³/mol. The van der Waals surface area contributed by atoms with Crippen LogP contribution in [-0.4, -0.2) is 25.0 Å². The Kier molecular flexibility index (Phi) is 8.25. The van der Waals surface area contributed by atoms with Crippen LogP contribution in [0.15, 0.2) is 48.5 Å². The molecule has 0 saturated carbocycles. The summed E-state index contributed by atoms with van der Waals surface area (Å²) in [5.74, 6) is -1.72. The van der Waals surface area contributed by atoms with Crippen LogP contribution in [0.4, 0.5) is 0 Å². The van der Waals surface area contributed by atoms with Gasteiger partial charge in [0.15, 0.2) is 0 Å². The topological polar surface area (TPSA) is 95.4 Å².